The molecule has 8 heteroatoms. The van der Waals surface area contributed by atoms with Gasteiger partial charge in [0.1, 0.15) is 17.9 Å². The molecule has 0 amide bonds. The average Bonchev–Trinajstić information content (AvgIpc) is 3.31. The van der Waals surface area contributed by atoms with E-state index < -0.39 is 18.1 Å². The molecule has 1 aliphatic heterocycles. The van der Waals surface area contributed by atoms with Gasteiger partial charge in [-0.1, -0.05) is 65.8 Å². The molecule has 3 aromatic carbocycles. The number of carbonyl (C=O) groups excluding carboxylic acids is 1. The molecule has 0 radical (unpaired) electrons. The fourth-order valence-electron chi connectivity index (χ4n) is 4.30. The number of nitrogens with one attached hydrogen (secondary N) is 1. The fraction of sp³-hybridized carbons (Fsp3) is 0.200. The van der Waals surface area contributed by atoms with Crippen LogP contribution in [0.4, 0.5) is 5.95 Å². The Labute approximate surface area is 190 Å². The van der Waals surface area contributed by atoms with Gasteiger partial charge >= 0.3 is 5.97 Å². The molecule has 0 saturated heterocycles. The Bertz CT molecular complexity index is 1360. The number of carbonyl (C=O) groups is 1. The van der Waals surface area contributed by atoms with Crippen LogP contribution in [-0.2, 0) is 9.53 Å². The molecule has 0 fully saturated rings. The molecule has 8 nitrogen and oxygen atoms in total. The van der Waals surface area contributed by atoms with Crippen molar-refractivity contribution in [2.24, 2.45) is 0 Å². The summed E-state index contributed by atoms with van der Waals surface area (Å²) in [6.07, 6.45) is -0.427. The summed E-state index contributed by atoms with van der Waals surface area (Å²) in [5, 5.41) is 17.2. The third-order valence-electron chi connectivity index (χ3n) is 5.91. The van der Waals surface area contributed by atoms with E-state index in [1.807, 2.05) is 80.6 Å². The second-order valence-corrected chi connectivity index (χ2v) is 7.87. The lowest BCUT2D eigenvalue weighted by Gasteiger charge is -2.30. The molecule has 1 unspecified atom stereocenters. The molecular formula is C25H23N5O3. The molecule has 0 saturated carbocycles. The molecule has 0 aliphatic carbocycles. The Kier molecular flexibility index (Phi) is 5.26. The number of benzene rings is 3. The van der Waals surface area contributed by atoms with Gasteiger partial charge in [0.2, 0.25) is 5.95 Å². The summed E-state index contributed by atoms with van der Waals surface area (Å²) in [6.45, 7) is 3.68. The number of ether oxygens (including phenoxy) is 2. The summed E-state index contributed by atoms with van der Waals surface area (Å²) in [6, 6.07) is 20.8. The third-order valence-corrected chi connectivity index (χ3v) is 5.91. The highest BCUT2D eigenvalue weighted by Gasteiger charge is 2.38. The van der Waals surface area contributed by atoms with Gasteiger partial charge in [-0.15, -0.1) is 0 Å². The van der Waals surface area contributed by atoms with Gasteiger partial charge in [0.25, 0.3) is 0 Å². The highest BCUT2D eigenvalue weighted by Crippen LogP contribution is 2.43. The lowest BCUT2D eigenvalue weighted by Crippen LogP contribution is -2.30. The number of allylic oxidation sites excluding steroid dienone is 1. The number of hydrogen-bond donors (Lipinski definition) is 1. The molecule has 2 heterocycles. The minimum Gasteiger partial charge on any atom is -0.496 e. The van der Waals surface area contributed by atoms with Crippen molar-refractivity contribution in [2.45, 2.75) is 26.0 Å². The topological polar surface area (TPSA) is 91.2 Å². The minimum absolute atomic E-state index is 0.423. The van der Waals surface area contributed by atoms with Crippen molar-refractivity contribution in [3.8, 4) is 5.75 Å². The molecule has 5 rings (SSSR count). The standard InChI is InChI=1S/C25H23N5O3/c1-15-21(24(31)33-16(2)17-9-5-4-6-10-17)23(30-25(26-15)27-28-29-30)22-19-12-8-7-11-18(19)13-14-20(22)32-3/h4-14,16,23H,1-3H3,(H,26,27,29)/t16-,23?/m0/s1. The number of methoxy groups -OCH3 is 1. The molecule has 166 valence electrons. The Morgan fingerprint density at radius 2 is 1.82 bits per heavy atom. The number of fused-ring (bicyclic) bond motifs is 2. The fourth-order valence-corrected chi connectivity index (χ4v) is 4.30. The van der Waals surface area contributed by atoms with E-state index in [1.165, 1.54) is 0 Å². The number of rotatable bonds is 5. The van der Waals surface area contributed by atoms with Crippen LogP contribution in [0.3, 0.4) is 0 Å². The first kappa shape index (κ1) is 20.7. The SMILES string of the molecule is COc1ccc2ccccc2c1C1C(C(=O)O[C@@H](C)c2ccccc2)=C(C)Nc2nnnn21. The predicted octanol–water partition coefficient (Wildman–Crippen LogP) is 4.43. The maximum absolute atomic E-state index is 13.6. The summed E-state index contributed by atoms with van der Waals surface area (Å²) < 4.78 is 13.2. The predicted molar refractivity (Wildman–Crippen MR) is 124 cm³/mol. The number of aromatic nitrogens is 4. The Balaban J connectivity index is 1.65. The lowest BCUT2D eigenvalue weighted by atomic mass is 9.90. The van der Waals surface area contributed by atoms with Crippen molar-refractivity contribution in [2.75, 3.05) is 12.4 Å². The molecule has 0 spiro atoms. The Hall–Kier alpha value is -4.20. The molecule has 1 aromatic heterocycles. The Morgan fingerprint density at radius 3 is 2.61 bits per heavy atom. The molecule has 2 atom stereocenters. The van der Waals surface area contributed by atoms with Gasteiger partial charge in [-0.05, 0) is 46.7 Å². The monoisotopic (exact) mass is 441 g/mol. The normalized spacial score (nSPS) is 16.2. The summed E-state index contributed by atoms with van der Waals surface area (Å²) >= 11 is 0. The first-order valence-corrected chi connectivity index (χ1v) is 10.7. The van der Waals surface area contributed by atoms with Crippen molar-refractivity contribution < 1.29 is 14.3 Å². The summed E-state index contributed by atoms with van der Waals surface area (Å²) in [5.41, 5.74) is 2.76. The van der Waals surface area contributed by atoms with Gasteiger partial charge < -0.3 is 14.8 Å². The van der Waals surface area contributed by atoms with E-state index in [4.69, 9.17) is 9.47 Å². The zero-order chi connectivity index (χ0) is 22.9. The van der Waals surface area contributed by atoms with Gasteiger partial charge in [0.05, 0.1) is 12.7 Å². The van der Waals surface area contributed by atoms with E-state index in [-0.39, 0.29) is 0 Å². The van der Waals surface area contributed by atoms with E-state index >= 15 is 0 Å². The van der Waals surface area contributed by atoms with Crippen molar-refractivity contribution in [3.05, 3.63) is 89.1 Å². The van der Waals surface area contributed by atoms with Gasteiger partial charge in [0, 0.05) is 11.3 Å². The van der Waals surface area contributed by atoms with Crippen LogP contribution in [0, 0.1) is 0 Å². The van der Waals surface area contributed by atoms with E-state index in [2.05, 4.69) is 20.8 Å². The quantitative estimate of drug-likeness (QED) is 0.458. The maximum atomic E-state index is 13.6. The summed E-state index contributed by atoms with van der Waals surface area (Å²) in [4.78, 5) is 13.6. The lowest BCUT2D eigenvalue weighted by molar-refractivity contribution is -0.144. The van der Waals surface area contributed by atoms with Crippen molar-refractivity contribution in [1.82, 2.24) is 20.2 Å². The van der Waals surface area contributed by atoms with Gasteiger partial charge in [-0.3, -0.25) is 0 Å². The minimum atomic E-state index is -0.632. The summed E-state index contributed by atoms with van der Waals surface area (Å²) in [7, 11) is 1.61. The number of hydrogen-bond acceptors (Lipinski definition) is 7. The van der Waals surface area contributed by atoms with Crippen LogP contribution in [0.25, 0.3) is 10.8 Å². The first-order valence-electron chi connectivity index (χ1n) is 10.7. The molecule has 33 heavy (non-hydrogen) atoms. The van der Waals surface area contributed by atoms with Crippen LogP contribution in [-0.4, -0.2) is 33.3 Å². The number of esters is 1. The average molecular weight is 441 g/mol. The molecule has 0 bridgehead atoms. The van der Waals surface area contributed by atoms with Gasteiger partial charge in [0.15, 0.2) is 0 Å². The van der Waals surface area contributed by atoms with Crippen LogP contribution in [0.15, 0.2) is 78.0 Å². The zero-order valence-corrected chi connectivity index (χ0v) is 18.5. The van der Waals surface area contributed by atoms with Crippen molar-refractivity contribution in [3.63, 3.8) is 0 Å². The first-order chi connectivity index (χ1) is 16.1. The van der Waals surface area contributed by atoms with E-state index in [1.54, 1.807) is 11.8 Å². The van der Waals surface area contributed by atoms with Crippen LogP contribution >= 0.6 is 0 Å². The van der Waals surface area contributed by atoms with Crippen molar-refractivity contribution >= 4 is 22.7 Å². The largest absolute Gasteiger partial charge is 0.496 e. The number of tetrazole rings is 1. The van der Waals surface area contributed by atoms with E-state index in [9.17, 15) is 4.79 Å². The highest BCUT2D eigenvalue weighted by molar-refractivity contribution is 5.96. The van der Waals surface area contributed by atoms with Gasteiger partial charge in [-0.25, -0.2) is 4.79 Å². The number of nitrogens with zero attached hydrogens (tertiary/aromatic N) is 4. The number of anilines is 1. The van der Waals surface area contributed by atoms with Crippen LogP contribution in [0.2, 0.25) is 0 Å². The van der Waals surface area contributed by atoms with Crippen LogP contribution < -0.4 is 10.1 Å². The van der Waals surface area contributed by atoms with Gasteiger partial charge in [-0.2, -0.15) is 4.68 Å². The molecule has 1 aliphatic rings. The van der Waals surface area contributed by atoms with Crippen LogP contribution in [0.1, 0.15) is 37.1 Å². The van der Waals surface area contributed by atoms with E-state index in [0.29, 0.717) is 23.0 Å². The summed E-state index contributed by atoms with van der Waals surface area (Å²) in [5.74, 6) is 0.633. The smallest absolute Gasteiger partial charge is 0.338 e. The third kappa shape index (κ3) is 3.59. The second kappa shape index (κ2) is 8.38. The highest BCUT2D eigenvalue weighted by atomic mass is 16.5. The van der Waals surface area contributed by atoms with E-state index in [0.717, 1.165) is 21.9 Å². The van der Waals surface area contributed by atoms with Crippen LogP contribution in [0.5, 0.6) is 5.75 Å². The molecular weight excluding hydrogens is 418 g/mol. The Morgan fingerprint density at radius 1 is 1.06 bits per heavy atom. The zero-order valence-electron chi connectivity index (χ0n) is 18.5. The second-order valence-electron chi connectivity index (χ2n) is 7.87. The van der Waals surface area contributed by atoms with Crippen molar-refractivity contribution in [1.29, 1.82) is 0 Å². The maximum Gasteiger partial charge on any atom is 0.338 e. The molecule has 1 N–H and O–H groups in total. The molecule has 4 aromatic rings.